The van der Waals surface area contributed by atoms with E-state index in [1.165, 1.54) is 15.3 Å². The van der Waals surface area contributed by atoms with E-state index in [-0.39, 0.29) is 6.54 Å². The smallest absolute Gasteiger partial charge is 0.303 e. The van der Waals surface area contributed by atoms with Crippen LogP contribution in [0.4, 0.5) is 0 Å². The highest BCUT2D eigenvalue weighted by molar-refractivity contribution is 5.57. The molecule has 4 aromatic rings. The molecule has 0 radical (unpaired) electrons. The maximum atomic E-state index is 12.4. The molecule has 0 spiro atoms. The van der Waals surface area contributed by atoms with Gasteiger partial charge in [0.2, 0.25) is 0 Å². The summed E-state index contributed by atoms with van der Waals surface area (Å²) in [6.45, 7) is 0.166. The van der Waals surface area contributed by atoms with Crippen LogP contribution in [0.2, 0.25) is 0 Å². The van der Waals surface area contributed by atoms with Crippen molar-refractivity contribution in [1.29, 1.82) is 0 Å². The molecule has 0 unspecified atom stereocenters. The van der Waals surface area contributed by atoms with Gasteiger partial charge in [-0.3, -0.25) is 14.2 Å². The van der Waals surface area contributed by atoms with E-state index in [1.54, 1.807) is 36.7 Å². The van der Waals surface area contributed by atoms with E-state index < -0.39 is 11.1 Å². The Bertz CT molecular complexity index is 1170. The quantitative estimate of drug-likeness (QED) is 0.521. The fourth-order valence-corrected chi connectivity index (χ4v) is 2.69. The first-order chi connectivity index (χ1) is 13.2. The van der Waals surface area contributed by atoms with Crippen LogP contribution >= 0.6 is 0 Å². The second-order valence-corrected chi connectivity index (χ2v) is 5.87. The molecule has 7 heteroatoms. The standard InChI is InChI=1S/C20H15N5O2/c26-19-20(27)25(18-8-4-5-11-21-18)13-12-24(19)14-16-9-10-17(23-22-16)15-6-2-1-3-7-15/h1-13H,14H2. The van der Waals surface area contributed by atoms with Crippen molar-refractivity contribution in [3.8, 4) is 17.1 Å². The Kier molecular flexibility index (Phi) is 4.40. The molecule has 4 rings (SSSR count). The first-order valence-corrected chi connectivity index (χ1v) is 8.34. The number of rotatable bonds is 4. The van der Waals surface area contributed by atoms with E-state index in [9.17, 15) is 9.59 Å². The predicted molar refractivity (Wildman–Crippen MR) is 101 cm³/mol. The van der Waals surface area contributed by atoms with Gasteiger partial charge in [-0.2, -0.15) is 10.2 Å². The molecule has 0 fully saturated rings. The number of nitrogens with zero attached hydrogens (tertiary/aromatic N) is 5. The van der Waals surface area contributed by atoms with Gasteiger partial charge in [-0.15, -0.1) is 0 Å². The number of hydrogen-bond donors (Lipinski definition) is 0. The van der Waals surface area contributed by atoms with Crippen LogP contribution in [0.3, 0.4) is 0 Å². The molecule has 0 aliphatic rings. The van der Waals surface area contributed by atoms with Gasteiger partial charge in [0.1, 0.15) is 5.82 Å². The highest BCUT2D eigenvalue weighted by atomic mass is 16.2. The second-order valence-electron chi connectivity index (χ2n) is 5.87. The van der Waals surface area contributed by atoms with Crippen molar-refractivity contribution >= 4 is 0 Å². The van der Waals surface area contributed by atoms with Crippen LogP contribution in [0.5, 0.6) is 0 Å². The van der Waals surface area contributed by atoms with E-state index in [0.717, 1.165) is 11.3 Å². The average molecular weight is 357 g/mol. The third-order valence-corrected chi connectivity index (χ3v) is 4.08. The highest BCUT2D eigenvalue weighted by Gasteiger charge is 2.09. The summed E-state index contributed by atoms with van der Waals surface area (Å²) in [5.41, 5.74) is 0.998. The fraction of sp³-hybridized carbons (Fsp3) is 0.0500. The van der Waals surface area contributed by atoms with Gasteiger partial charge in [0.15, 0.2) is 0 Å². The van der Waals surface area contributed by atoms with Crippen LogP contribution in [0.1, 0.15) is 5.69 Å². The van der Waals surface area contributed by atoms with E-state index in [0.29, 0.717) is 11.5 Å². The van der Waals surface area contributed by atoms with Crippen molar-refractivity contribution in [1.82, 2.24) is 24.3 Å². The van der Waals surface area contributed by atoms with Gasteiger partial charge in [0, 0.05) is 24.2 Å². The molecule has 132 valence electrons. The third kappa shape index (κ3) is 3.43. The van der Waals surface area contributed by atoms with Gasteiger partial charge in [-0.1, -0.05) is 36.4 Å². The minimum Gasteiger partial charge on any atom is -0.303 e. The first-order valence-electron chi connectivity index (χ1n) is 8.34. The molecule has 0 bridgehead atoms. The SMILES string of the molecule is O=c1c(=O)n(-c2ccccn2)ccn1Cc1ccc(-c2ccccc2)nn1. The molecule has 0 aliphatic carbocycles. The van der Waals surface area contributed by atoms with Crippen molar-refractivity contribution in [2.75, 3.05) is 0 Å². The van der Waals surface area contributed by atoms with E-state index in [4.69, 9.17) is 0 Å². The van der Waals surface area contributed by atoms with E-state index in [1.807, 2.05) is 36.4 Å². The summed E-state index contributed by atoms with van der Waals surface area (Å²) in [7, 11) is 0. The molecule has 3 heterocycles. The topological polar surface area (TPSA) is 82.7 Å². The minimum absolute atomic E-state index is 0.166. The Hall–Kier alpha value is -3.87. The number of benzene rings is 1. The number of aromatic nitrogens is 5. The van der Waals surface area contributed by atoms with Crippen molar-refractivity contribution in [3.63, 3.8) is 0 Å². The zero-order valence-corrected chi connectivity index (χ0v) is 14.3. The minimum atomic E-state index is -0.662. The van der Waals surface area contributed by atoms with Crippen LogP contribution in [-0.2, 0) is 6.54 Å². The predicted octanol–water partition coefficient (Wildman–Crippen LogP) is 1.90. The lowest BCUT2D eigenvalue weighted by molar-refractivity contribution is 0.691. The molecule has 0 saturated carbocycles. The molecule has 0 atom stereocenters. The second kappa shape index (κ2) is 7.17. The highest BCUT2D eigenvalue weighted by Crippen LogP contribution is 2.15. The molecule has 27 heavy (non-hydrogen) atoms. The number of pyridine rings is 1. The van der Waals surface area contributed by atoms with Crippen LogP contribution in [0, 0.1) is 0 Å². The summed E-state index contributed by atoms with van der Waals surface area (Å²) in [4.78, 5) is 28.9. The third-order valence-electron chi connectivity index (χ3n) is 4.08. The molecular weight excluding hydrogens is 342 g/mol. The fourth-order valence-electron chi connectivity index (χ4n) is 2.69. The van der Waals surface area contributed by atoms with E-state index >= 15 is 0 Å². The Balaban J connectivity index is 1.61. The molecule has 1 aromatic carbocycles. The van der Waals surface area contributed by atoms with Gasteiger partial charge >= 0.3 is 11.1 Å². The molecule has 0 amide bonds. The van der Waals surface area contributed by atoms with Crippen LogP contribution in [-0.4, -0.2) is 24.3 Å². The Morgan fingerprint density at radius 1 is 0.778 bits per heavy atom. The van der Waals surface area contributed by atoms with Crippen LogP contribution in [0.25, 0.3) is 17.1 Å². The lowest BCUT2D eigenvalue weighted by atomic mass is 10.1. The summed E-state index contributed by atoms with van der Waals surface area (Å²) in [6.07, 6.45) is 4.64. The maximum Gasteiger partial charge on any atom is 0.322 e. The van der Waals surface area contributed by atoms with Crippen molar-refractivity contribution in [3.05, 3.63) is 106 Å². The maximum absolute atomic E-state index is 12.4. The molecule has 3 aromatic heterocycles. The monoisotopic (exact) mass is 357 g/mol. The van der Waals surface area contributed by atoms with Crippen molar-refractivity contribution < 1.29 is 0 Å². The normalized spacial score (nSPS) is 10.7. The lowest BCUT2D eigenvalue weighted by Gasteiger charge is -2.08. The van der Waals surface area contributed by atoms with Gasteiger partial charge in [0.25, 0.3) is 0 Å². The van der Waals surface area contributed by atoms with Gasteiger partial charge in [0.05, 0.1) is 17.9 Å². The van der Waals surface area contributed by atoms with Crippen LogP contribution in [0.15, 0.2) is 88.8 Å². The molecule has 7 nitrogen and oxygen atoms in total. The lowest BCUT2D eigenvalue weighted by Crippen LogP contribution is -2.40. The molecule has 0 aliphatic heterocycles. The van der Waals surface area contributed by atoms with Gasteiger partial charge in [-0.05, 0) is 24.3 Å². The van der Waals surface area contributed by atoms with E-state index in [2.05, 4.69) is 15.2 Å². The summed E-state index contributed by atoms with van der Waals surface area (Å²) in [5.74, 6) is 0.402. The Labute approximate surface area is 154 Å². The Morgan fingerprint density at radius 3 is 2.30 bits per heavy atom. The zero-order chi connectivity index (χ0) is 18.6. The van der Waals surface area contributed by atoms with Gasteiger partial charge < -0.3 is 4.57 Å². The largest absolute Gasteiger partial charge is 0.322 e. The summed E-state index contributed by atoms with van der Waals surface area (Å²) in [6, 6.07) is 18.5. The van der Waals surface area contributed by atoms with Gasteiger partial charge in [-0.25, -0.2) is 4.98 Å². The number of hydrogen-bond acceptors (Lipinski definition) is 5. The summed E-state index contributed by atoms with van der Waals surface area (Å²) < 4.78 is 2.54. The summed E-state index contributed by atoms with van der Waals surface area (Å²) >= 11 is 0. The van der Waals surface area contributed by atoms with Crippen molar-refractivity contribution in [2.45, 2.75) is 6.54 Å². The van der Waals surface area contributed by atoms with Crippen LogP contribution < -0.4 is 11.1 Å². The zero-order valence-electron chi connectivity index (χ0n) is 14.3. The average Bonchev–Trinajstić information content (AvgIpc) is 2.73. The molecular formula is C20H15N5O2. The summed E-state index contributed by atoms with van der Waals surface area (Å²) in [5, 5.41) is 8.37. The Morgan fingerprint density at radius 2 is 1.59 bits per heavy atom. The van der Waals surface area contributed by atoms with Crippen molar-refractivity contribution in [2.24, 2.45) is 0 Å². The first kappa shape index (κ1) is 16.6. The molecule has 0 saturated heterocycles. The molecule has 0 N–H and O–H groups in total.